The molecule has 3 nitrogen and oxygen atoms in total. The molecule has 0 heterocycles. The molecule has 1 unspecified atom stereocenters. The Balaban J connectivity index is 2.45. The highest BCUT2D eigenvalue weighted by atomic mass is 19.1. The number of aliphatic hydroxyl groups is 1. The van der Waals surface area contributed by atoms with Crippen LogP contribution in [0.2, 0.25) is 0 Å². The van der Waals surface area contributed by atoms with Crippen molar-refractivity contribution in [1.29, 1.82) is 0 Å². The Labute approximate surface area is 113 Å². The normalized spacial score (nSPS) is 13.5. The maximum atomic E-state index is 12.7. The van der Waals surface area contributed by atoms with E-state index in [0.717, 1.165) is 5.56 Å². The van der Waals surface area contributed by atoms with Crippen molar-refractivity contribution >= 4 is 12.0 Å². The van der Waals surface area contributed by atoms with Crippen molar-refractivity contribution in [1.82, 2.24) is 5.32 Å². The van der Waals surface area contributed by atoms with Gasteiger partial charge in [-0.25, -0.2) is 4.39 Å². The minimum absolute atomic E-state index is 0.204. The van der Waals surface area contributed by atoms with Crippen molar-refractivity contribution in [2.24, 2.45) is 5.41 Å². The van der Waals surface area contributed by atoms with E-state index in [1.807, 2.05) is 20.8 Å². The molecule has 0 bridgehead atoms. The average molecular weight is 265 g/mol. The molecule has 1 amide bonds. The Hall–Kier alpha value is -1.68. The molecule has 0 fully saturated rings. The number of rotatable bonds is 4. The summed E-state index contributed by atoms with van der Waals surface area (Å²) in [4.78, 5) is 11.5. The maximum absolute atomic E-state index is 12.7. The van der Waals surface area contributed by atoms with Gasteiger partial charge in [-0.05, 0) is 29.2 Å². The van der Waals surface area contributed by atoms with Crippen molar-refractivity contribution in [3.8, 4) is 0 Å². The summed E-state index contributed by atoms with van der Waals surface area (Å²) in [7, 11) is 0. The van der Waals surface area contributed by atoms with Crippen LogP contribution in [0.1, 0.15) is 26.3 Å². The highest BCUT2D eigenvalue weighted by Gasteiger charge is 2.21. The number of carbonyl (C=O) groups excluding carboxylic acids is 1. The lowest BCUT2D eigenvalue weighted by molar-refractivity contribution is -0.117. The summed E-state index contributed by atoms with van der Waals surface area (Å²) in [6, 6.07) is 5.84. The van der Waals surface area contributed by atoms with E-state index in [1.54, 1.807) is 18.2 Å². The number of aliphatic hydroxyl groups excluding tert-OH is 1. The summed E-state index contributed by atoms with van der Waals surface area (Å²) in [6.45, 7) is 5.91. The number of benzene rings is 1. The minimum Gasteiger partial charge on any atom is -0.391 e. The van der Waals surface area contributed by atoms with E-state index < -0.39 is 6.10 Å². The summed E-state index contributed by atoms with van der Waals surface area (Å²) in [5.74, 6) is -0.595. The van der Waals surface area contributed by atoms with Gasteiger partial charge in [0, 0.05) is 12.6 Å². The van der Waals surface area contributed by atoms with Gasteiger partial charge in [-0.2, -0.15) is 0 Å². The molecular weight excluding hydrogens is 245 g/mol. The Kier molecular flexibility index (Phi) is 5.24. The van der Waals surface area contributed by atoms with Crippen LogP contribution in [0.3, 0.4) is 0 Å². The second-order valence-electron chi connectivity index (χ2n) is 5.51. The first-order valence-corrected chi connectivity index (χ1v) is 6.18. The molecule has 0 aliphatic carbocycles. The molecule has 0 aromatic heterocycles. The van der Waals surface area contributed by atoms with Crippen molar-refractivity contribution in [3.05, 3.63) is 41.7 Å². The molecule has 0 aliphatic heterocycles. The Morgan fingerprint density at radius 3 is 2.47 bits per heavy atom. The fourth-order valence-electron chi connectivity index (χ4n) is 1.31. The molecule has 19 heavy (non-hydrogen) atoms. The Morgan fingerprint density at radius 2 is 1.95 bits per heavy atom. The molecule has 0 spiro atoms. The van der Waals surface area contributed by atoms with E-state index in [-0.39, 0.29) is 23.7 Å². The van der Waals surface area contributed by atoms with Gasteiger partial charge in [-0.15, -0.1) is 0 Å². The van der Waals surface area contributed by atoms with Crippen LogP contribution in [0.5, 0.6) is 0 Å². The van der Waals surface area contributed by atoms with E-state index in [9.17, 15) is 14.3 Å². The highest BCUT2D eigenvalue weighted by Crippen LogP contribution is 2.18. The van der Waals surface area contributed by atoms with Crippen molar-refractivity contribution in [2.45, 2.75) is 26.9 Å². The SMILES string of the molecule is CC(C)(C)C(O)CNC(=O)/C=C/c1ccc(F)cc1. The van der Waals surface area contributed by atoms with Crippen LogP contribution in [-0.4, -0.2) is 23.7 Å². The zero-order valence-electron chi connectivity index (χ0n) is 11.5. The van der Waals surface area contributed by atoms with E-state index >= 15 is 0 Å². The first kappa shape index (κ1) is 15.4. The lowest BCUT2D eigenvalue weighted by Crippen LogP contribution is -2.38. The van der Waals surface area contributed by atoms with Crippen LogP contribution < -0.4 is 5.32 Å². The first-order valence-electron chi connectivity index (χ1n) is 6.18. The Bertz CT molecular complexity index is 446. The molecule has 0 aliphatic rings. The Morgan fingerprint density at radius 1 is 1.37 bits per heavy atom. The number of nitrogens with one attached hydrogen (secondary N) is 1. The van der Waals surface area contributed by atoms with Crippen LogP contribution in [0.25, 0.3) is 6.08 Å². The van der Waals surface area contributed by atoms with Gasteiger partial charge in [-0.3, -0.25) is 4.79 Å². The molecule has 4 heteroatoms. The number of hydrogen-bond donors (Lipinski definition) is 2. The van der Waals surface area contributed by atoms with Crippen molar-refractivity contribution in [2.75, 3.05) is 6.54 Å². The monoisotopic (exact) mass is 265 g/mol. The first-order chi connectivity index (χ1) is 8.79. The number of hydrogen-bond acceptors (Lipinski definition) is 2. The van der Waals surface area contributed by atoms with Gasteiger partial charge < -0.3 is 10.4 Å². The maximum Gasteiger partial charge on any atom is 0.244 e. The number of carbonyl (C=O) groups is 1. The lowest BCUT2D eigenvalue weighted by atomic mass is 9.89. The minimum atomic E-state index is -0.601. The standard InChI is InChI=1S/C15H20FNO2/c1-15(2,3)13(18)10-17-14(19)9-6-11-4-7-12(16)8-5-11/h4-9,13,18H,10H2,1-3H3,(H,17,19)/b9-6+. The molecule has 1 rings (SSSR count). The smallest absolute Gasteiger partial charge is 0.244 e. The molecule has 0 saturated carbocycles. The fraction of sp³-hybridized carbons (Fsp3) is 0.400. The number of amides is 1. The summed E-state index contributed by atoms with van der Waals surface area (Å²) < 4.78 is 12.7. The van der Waals surface area contributed by atoms with Gasteiger partial charge in [0.05, 0.1) is 6.10 Å². The van der Waals surface area contributed by atoms with Gasteiger partial charge in [0.15, 0.2) is 0 Å². The van der Waals surface area contributed by atoms with Crippen LogP contribution >= 0.6 is 0 Å². The van der Waals surface area contributed by atoms with Crippen molar-refractivity contribution < 1.29 is 14.3 Å². The van der Waals surface area contributed by atoms with E-state index in [1.165, 1.54) is 18.2 Å². The third-order valence-electron chi connectivity index (χ3n) is 2.77. The van der Waals surface area contributed by atoms with Gasteiger partial charge in [0.1, 0.15) is 5.82 Å². The summed E-state index contributed by atoms with van der Waals surface area (Å²) >= 11 is 0. The quantitative estimate of drug-likeness (QED) is 0.821. The fourth-order valence-corrected chi connectivity index (χ4v) is 1.31. The lowest BCUT2D eigenvalue weighted by Gasteiger charge is -2.25. The average Bonchev–Trinajstić information content (AvgIpc) is 2.34. The molecule has 0 radical (unpaired) electrons. The van der Waals surface area contributed by atoms with Crippen LogP contribution in [0.4, 0.5) is 4.39 Å². The van der Waals surface area contributed by atoms with Gasteiger partial charge >= 0.3 is 0 Å². The third-order valence-corrected chi connectivity index (χ3v) is 2.77. The van der Waals surface area contributed by atoms with Gasteiger partial charge in [-0.1, -0.05) is 32.9 Å². The van der Waals surface area contributed by atoms with Gasteiger partial charge in [0.25, 0.3) is 0 Å². The molecule has 104 valence electrons. The predicted octanol–water partition coefficient (Wildman–Crippen LogP) is 2.36. The summed E-state index contributed by atoms with van der Waals surface area (Å²) in [5.41, 5.74) is 0.474. The van der Waals surface area contributed by atoms with Crippen LogP contribution in [0.15, 0.2) is 30.3 Å². The molecule has 1 aromatic carbocycles. The molecule has 1 atom stereocenters. The zero-order chi connectivity index (χ0) is 14.5. The summed E-state index contributed by atoms with van der Waals surface area (Å²) in [6.07, 6.45) is 2.36. The largest absolute Gasteiger partial charge is 0.391 e. The molecule has 2 N–H and O–H groups in total. The van der Waals surface area contributed by atoms with Crippen LogP contribution in [0, 0.1) is 11.2 Å². The van der Waals surface area contributed by atoms with E-state index in [2.05, 4.69) is 5.32 Å². The van der Waals surface area contributed by atoms with E-state index in [0.29, 0.717) is 0 Å². The second kappa shape index (κ2) is 6.48. The van der Waals surface area contributed by atoms with Crippen molar-refractivity contribution in [3.63, 3.8) is 0 Å². The van der Waals surface area contributed by atoms with Gasteiger partial charge in [0.2, 0.25) is 5.91 Å². The third kappa shape index (κ3) is 5.66. The topological polar surface area (TPSA) is 49.3 Å². The number of halogens is 1. The summed E-state index contributed by atoms with van der Waals surface area (Å²) in [5, 5.41) is 12.4. The van der Waals surface area contributed by atoms with E-state index in [4.69, 9.17) is 0 Å². The second-order valence-corrected chi connectivity index (χ2v) is 5.51. The molecule has 0 saturated heterocycles. The highest BCUT2D eigenvalue weighted by molar-refractivity contribution is 5.91. The zero-order valence-corrected chi connectivity index (χ0v) is 11.5. The van der Waals surface area contributed by atoms with Crippen LogP contribution in [-0.2, 0) is 4.79 Å². The molecule has 1 aromatic rings. The predicted molar refractivity (Wildman–Crippen MR) is 73.9 cm³/mol. The molecular formula is C15H20FNO2.